The van der Waals surface area contributed by atoms with Crippen LogP contribution in [0.1, 0.15) is 23.7 Å². The van der Waals surface area contributed by atoms with Crippen LogP contribution in [0.25, 0.3) is 0 Å². The molecule has 76 valence electrons. The van der Waals surface area contributed by atoms with E-state index in [1.54, 1.807) is 6.92 Å². The first-order valence-electron chi connectivity index (χ1n) is 4.40. The first-order valence-corrected chi connectivity index (χ1v) is 4.40. The van der Waals surface area contributed by atoms with E-state index in [2.05, 4.69) is 0 Å². The average Bonchev–Trinajstić information content (AvgIpc) is 2.14. The number of ether oxygens (including phenoxy) is 1. The topological polar surface area (TPSA) is 29.5 Å². The Bertz CT molecular complexity index is 377. The molecule has 2 rings (SSSR count). The number of hydrogen-bond acceptors (Lipinski definition) is 2. The fraction of sp³-hybridized carbons (Fsp3) is 0.400. The number of halogens is 2. The molecule has 4 heteroatoms. The molecular formula is C10H10F2O2. The van der Waals surface area contributed by atoms with Crippen LogP contribution in [0.3, 0.4) is 0 Å². The molecule has 1 atom stereocenters. The van der Waals surface area contributed by atoms with Gasteiger partial charge in [0.1, 0.15) is 5.75 Å². The number of fused-ring (bicyclic) bond motifs is 1. The number of hydrogen-bond donors (Lipinski definition) is 1. The Hall–Kier alpha value is -1.16. The summed E-state index contributed by atoms with van der Waals surface area (Å²) >= 11 is 0. The van der Waals surface area contributed by atoms with Gasteiger partial charge in [-0.05, 0) is 18.6 Å². The van der Waals surface area contributed by atoms with E-state index in [4.69, 9.17) is 4.74 Å². The van der Waals surface area contributed by atoms with E-state index >= 15 is 0 Å². The number of aliphatic hydroxyl groups is 1. The Labute approximate surface area is 80.1 Å². The molecule has 0 amide bonds. The third kappa shape index (κ3) is 1.26. The van der Waals surface area contributed by atoms with Crippen LogP contribution in [0.15, 0.2) is 6.07 Å². The zero-order valence-corrected chi connectivity index (χ0v) is 7.68. The van der Waals surface area contributed by atoms with Gasteiger partial charge in [-0.3, -0.25) is 0 Å². The van der Waals surface area contributed by atoms with Gasteiger partial charge >= 0.3 is 0 Å². The number of benzene rings is 1. The lowest BCUT2D eigenvalue weighted by atomic mass is 9.99. The molecule has 1 unspecified atom stereocenters. The summed E-state index contributed by atoms with van der Waals surface area (Å²) in [5.74, 6) is -1.66. The van der Waals surface area contributed by atoms with Gasteiger partial charge in [-0.15, -0.1) is 0 Å². The van der Waals surface area contributed by atoms with Crippen molar-refractivity contribution >= 4 is 0 Å². The summed E-state index contributed by atoms with van der Waals surface area (Å²) in [6.07, 6.45) is -0.666. The second kappa shape index (κ2) is 3.20. The Kier molecular flexibility index (Phi) is 2.15. The number of rotatable bonds is 0. The minimum Gasteiger partial charge on any atom is -0.493 e. The molecule has 1 heterocycles. The van der Waals surface area contributed by atoms with E-state index in [0.717, 1.165) is 6.07 Å². The summed E-state index contributed by atoms with van der Waals surface area (Å²) in [5, 5.41) is 9.50. The van der Waals surface area contributed by atoms with Crippen LogP contribution in [0.4, 0.5) is 8.78 Å². The van der Waals surface area contributed by atoms with Crippen molar-refractivity contribution in [3.05, 3.63) is 28.8 Å². The van der Waals surface area contributed by atoms with E-state index in [1.165, 1.54) is 0 Å². The second-order valence-electron chi connectivity index (χ2n) is 3.39. The number of aryl methyl sites for hydroxylation is 1. The highest BCUT2D eigenvalue weighted by atomic mass is 19.2. The summed E-state index contributed by atoms with van der Waals surface area (Å²) in [5.41, 5.74) is 0.464. The first kappa shape index (κ1) is 9.40. The number of aliphatic hydroxyl groups excluding tert-OH is 1. The molecule has 0 bridgehead atoms. The van der Waals surface area contributed by atoms with Crippen LogP contribution < -0.4 is 4.74 Å². The molecule has 1 aromatic rings. The quantitative estimate of drug-likeness (QED) is 0.694. The Morgan fingerprint density at radius 3 is 2.93 bits per heavy atom. The summed E-state index contributed by atoms with van der Waals surface area (Å²) in [4.78, 5) is 0. The molecule has 1 aliphatic rings. The van der Waals surface area contributed by atoms with Crippen molar-refractivity contribution in [2.75, 3.05) is 6.61 Å². The lowest BCUT2D eigenvalue weighted by Gasteiger charge is -2.24. The van der Waals surface area contributed by atoms with E-state index in [9.17, 15) is 13.9 Å². The maximum Gasteiger partial charge on any atom is 0.168 e. The van der Waals surface area contributed by atoms with Gasteiger partial charge in [0, 0.05) is 6.42 Å². The van der Waals surface area contributed by atoms with Gasteiger partial charge in [-0.1, -0.05) is 0 Å². The van der Waals surface area contributed by atoms with Crippen LogP contribution in [-0.2, 0) is 0 Å². The molecule has 0 saturated heterocycles. The second-order valence-corrected chi connectivity index (χ2v) is 3.39. The molecule has 1 N–H and O–H groups in total. The minimum absolute atomic E-state index is 0.0475. The molecule has 2 nitrogen and oxygen atoms in total. The monoisotopic (exact) mass is 200 g/mol. The van der Waals surface area contributed by atoms with Gasteiger partial charge in [-0.2, -0.15) is 0 Å². The van der Waals surface area contributed by atoms with E-state index in [1.807, 2.05) is 0 Å². The summed E-state index contributed by atoms with van der Waals surface area (Å²) in [7, 11) is 0. The van der Waals surface area contributed by atoms with Gasteiger partial charge < -0.3 is 9.84 Å². The minimum atomic E-state index is -1.00. The van der Waals surface area contributed by atoms with Crippen molar-refractivity contribution in [2.24, 2.45) is 0 Å². The predicted molar refractivity (Wildman–Crippen MR) is 46.2 cm³/mol. The molecule has 0 aromatic heterocycles. The predicted octanol–water partition coefficient (Wildman–Crippen LogP) is 2.09. The zero-order chi connectivity index (χ0) is 10.3. The van der Waals surface area contributed by atoms with E-state index in [-0.39, 0.29) is 11.3 Å². The molecule has 0 aliphatic carbocycles. The van der Waals surface area contributed by atoms with Crippen molar-refractivity contribution in [1.82, 2.24) is 0 Å². The standard InChI is InChI=1S/C10H10F2O2/c1-5-4-6(11)9(12)8-7(13)2-3-14-10(5)8/h4,7,13H,2-3H2,1H3. The van der Waals surface area contributed by atoms with Gasteiger partial charge in [0.2, 0.25) is 0 Å². The van der Waals surface area contributed by atoms with Crippen molar-refractivity contribution in [1.29, 1.82) is 0 Å². The van der Waals surface area contributed by atoms with Crippen LogP contribution in [0.5, 0.6) is 5.75 Å². The third-order valence-electron chi connectivity index (χ3n) is 2.36. The molecule has 14 heavy (non-hydrogen) atoms. The Morgan fingerprint density at radius 1 is 1.50 bits per heavy atom. The first-order chi connectivity index (χ1) is 6.61. The third-order valence-corrected chi connectivity index (χ3v) is 2.36. The van der Waals surface area contributed by atoms with Crippen LogP contribution in [0, 0.1) is 18.6 Å². The van der Waals surface area contributed by atoms with Crippen molar-refractivity contribution in [3.63, 3.8) is 0 Å². The summed E-state index contributed by atoms with van der Waals surface area (Å²) < 4.78 is 31.5. The zero-order valence-electron chi connectivity index (χ0n) is 7.68. The van der Waals surface area contributed by atoms with Gasteiger partial charge in [-0.25, -0.2) is 8.78 Å². The van der Waals surface area contributed by atoms with E-state index in [0.29, 0.717) is 18.6 Å². The normalized spacial score (nSPS) is 20.1. The smallest absolute Gasteiger partial charge is 0.168 e. The maximum atomic E-state index is 13.3. The van der Waals surface area contributed by atoms with Crippen LogP contribution in [0.2, 0.25) is 0 Å². The SMILES string of the molecule is Cc1cc(F)c(F)c2c1OCCC2O. The van der Waals surface area contributed by atoms with Crippen molar-refractivity contribution in [2.45, 2.75) is 19.4 Å². The lowest BCUT2D eigenvalue weighted by Crippen LogP contribution is -2.17. The molecule has 0 radical (unpaired) electrons. The molecule has 0 fully saturated rings. The Morgan fingerprint density at radius 2 is 2.21 bits per heavy atom. The fourth-order valence-electron chi connectivity index (χ4n) is 1.67. The fourth-order valence-corrected chi connectivity index (χ4v) is 1.67. The van der Waals surface area contributed by atoms with Crippen LogP contribution in [-0.4, -0.2) is 11.7 Å². The highest BCUT2D eigenvalue weighted by Crippen LogP contribution is 2.37. The average molecular weight is 200 g/mol. The van der Waals surface area contributed by atoms with Gasteiger partial charge in [0.15, 0.2) is 11.6 Å². The van der Waals surface area contributed by atoms with Crippen molar-refractivity contribution < 1.29 is 18.6 Å². The molecular weight excluding hydrogens is 190 g/mol. The lowest BCUT2D eigenvalue weighted by molar-refractivity contribution is 0.109. The summed E-state index contributed by atoms with van der Waals surface area (Å²) in [6, 6.07) is 1.08. The molecule has 1 aliphatic heterocycles. The van der Waals surface area contributed by atoms with Crippen molar-refractivity contribution in [3.8, 4) is 5.75 Å². The highest BCUT2D eigenvalue weighted by Gasteiger charge is 2.27. The largest absolute Gasteiger partial charge is 0.493 e. The van der Waals surface area contributed by atoms with Crippen LogP contribution >= 0.6 is 0 Å². The van der Waals surface area contributed by atoms with Gasteiger partial charge in [0.05, 0.1) is 18.3 Å². The molecule has 1 aromatic carbocycles. The summed E-state index contributed by atoms with van der Waals surface area (Å²) in [6.45, 7) is 1.96. The Balaban J connectivity index is 2.67. The van der Waals surface area contributed by atoms with E-state index < -0.39 is 17.7 Å². The molecule has 0 saturated carbocycles. The highest BCUT2D eigenvalue weighted by molar-refractivity contribution is 5.44. The molecule has 0 spiro atoms. The maximum absolute atomic E-state index is 13.3. The van der Waals surface area contributed by atoms with Gasteiger partial charge in [0.25, 0.3) is 0 Å².